The van der Waals surface area contributed by atoms with Crippen LogP contribution in [0.25, 0.3) is 0 Å². The fourth-order valence-corrected chi connectivity index (χ4v) is 3.43. The fourth-order valence-electron chi connectivity index (χ4n) is 3.07. The Morgan fingerprint density at radius 1 is 1.11 bits per heavy atom. The van der Waals surface area contributed by atoms with Gasteiger partial charge in [-0.1, -0.05) is 12.1 Å². The molecule has 3 rings (SSSR count). The number of nitrogens with zero attached hydrogens (tertiary/aromatic N) is 1. The third-order valence-electron chi connectivity index (χ3n) is 4.45. The van der Waals surface area contributed by atoms with Crippen molar-refractivity contribution in [2.45, 2.75) is 50.7 Å². The van der Waals surface area contributed by atoms with E-state index in [9.17, 15) is 0 Å². The summed E-state index contributed by atoms with van der Waals surface area (Å²) < 4.78 is 1.31. The van der Waals surface area contributed by atoms with Crippen molar-refractivity contribution in [2.75, 3.05) is 13.1 Å². The van der Waals surface area contributed by atoms with Crippen molar-refractivity contribution in [1.82, 2.24) is 10.2 Å². The molecule has 1 N–H and O–H groups in total. The molecule has 1 atom stereocenters. The second-order valence-corrected chi connectivity index (χ2v) is 7.23. The monoisotopic (exact) mass is 370 g/mol. The van der Waals surface area contributed by atoms with Gasteiger partial charge in [-0.3, -0.25) is 0 Å². The maximum atomic E-state index is 3.81. The molecule has 1 saturated carbocycles. The van der Waals surface area contributed by atoms with E-state index in [2.05, 4.69) is 64.0 Å². The topological polar surface area (TPSA) is 15.3 Å². The minimum Gasteiger partial charge on any atom is -0.307 e. The molecule has 1 aliphatic heterocycles. The van der Waals surface area contributed by atoms with Crippen LogP contribution in [0.2, 0.25) is 0 Å². The number of nitrogens with one attached hydrogen (secondary N) is 1. The highest BCUT2D eigenvalue weighted by molar-refractivity contribution is 14.1. The van der Waals surface area contributed by atoms with Crippen LogP contribution >= 0.6 is 22.6 Å². The van der Waals surface area contributed by atoms with Crippen molar-refractivity contribution >= 4 is 22.6 Å². The normalized spacial score (nSPS) is 23.5. The number of benzene rings is 1. The number of rotatable bonds is 4. The SMILES string of the molecule is CC(NC1CCN(C2CC2)CC1)c1ccc(I)cc1. The summed E-state index contributed by atoms with van der Waals surface area (Å²) in [5.74, 6) is 0. The molecule has 1 heterocycles. The van der Waals surface area contributed by atoms with Gasteiger partial charge in [-0.25, -0.2) is 0 Å². The van der Waals surface area contributed by atoms with Gasteiger partial charge < -0.3 is 10.2 Å². The van der Waals surface area contributed by atoms with E-state index in [0.29, 0.717) is 12.1 Å². The molecule has 0 aromatic heterocycles. The zero-order chi connectivity index (χ0) is 13.2. The Morgan fingerprint density at radius 3 is 2.32 bits per heavy atom. The highest BCUT2D eigenvalue weighted by Crippen LogP contribution is 2.29. The average molecular weight is 370 g/mol. The first kappa shape index (κ1) is 13.8. The van der Waals surface area contributed by atoms with Crippen LogP contribution in [0.1, 0.15) is 44.2 Å². The van der Waals surface area contributed by atoms with Gasteiger partial charge in [-0.15, -0.1) is 0 Å². The van der Waals surface area contributed by atoms with E-state index in [1.54, 1.807) is 0 Å². The third-order valence-corrected chi connectivity index (χ3v) is 5.17. The van der Waals surface area contributed by atoms with Crippen LogP contribution in [0.15, 0.2) is 24.3 Å². The zero-order valence-corrected chi connectivity index (χ0v) is 13.8. The molecule has 1 unspecified atom stereocenters. The number of halogens is 1. The first-order valence-corrected chi connectivity index (χ1v) is 8.56. The lowest BCUT2D eigenvalue weighted by atomic mass is 10.0. The third kappa shape index (κ3) is 3.70. The van der Waals surface area contributed by atoms with Gasteiger partial charge in [-0.2, -0.15) is 0 Å². The molecule has 104 valence electrons. The fraction of sp³-hybridized carbons (Fsp3) is 0.625. The van der Waals surface area contributed by atoms with E-state index < -0.39 is 0 Å². The number of piperidine rings is 1. The minimum absolute atomic E-state index is 0.467. The maximum absolute atomic E-state index is 3.81. The molecular weight excluding hydrogens is 347 g/mol. The summed E-state index contributed by atoms with van der Waals surface area (Å²) >= 11 is 2.36. The van der Waals surface area contributed by atoms with Crippen molar-refractivity contribution in [1.29, 1.82) is 0 Å². The Balaban J connectivity index is 1.49. The van der Waals surface area contributed by atoms with Crippen molar-refractivity contribution in [3.05, 3.63) is 33.4 Å². The summed E-state index contributed by atoms with van der Waals surface area (Å²) in [4.78, 5) is 2.69. The van der Waals surface area contributed by atoms with Crippen molar-refractivity contribution in [3.8, 4) is 0 Å². The van der Waals surface area contributed by atoms with E-state index in [1.165, 1.54) is 47.9 Å². The van der Waals surface area contributed by atoms with Crippen LogP contribution < -0.4 is 5.32 Å². The summed E-state index contributed by atoms with van der Waals surface area (Å²) in [6, 6.07) is 11.0. The molecule has 2 fully saturated rings. The van der Waals surface area contributed by atoms with Gasteiger partial charge in [0, 0.05) is 21.7 Å². The van der Waals surface area contributed by atoms with Crippen molar-refractivity contribution in [2.24, 2.45) is 0 Å². The minimum atomic E-state index is 0.467. The Morgan fingerprint density at radius 2 is 1.74 bits per heavy atom. The predicted octanol–water partition coefficient (Wildman–Crippen LogP) is 3.57. The van der Waals surface area contributed by atoms with E-state index in [1.807, 2.05) is 0 Å². The summed E-state index contributed by atoms with van der Waals surface area (Å²) in [5, 5.41) is 3.81. The highest BCUT2D eigenvalue weighted by atomic mass is 127. The zero-order valence-electron chi connectivity index (χ0n) is 11.6. The molecule has 19 heavy (non-hydrogen) atoms. The van der Waals surface area contributed by atoms with Crippen LogP contribution in [-0.2, 0) is 0 Å². The van der Waals surface area contributed by atoms with Gasteiger partial charge >= 0.3 is 0 Å². The summed E-state index contributed by atoms with van der Waals surface area (Å²) in [6.07, 6.45) is 5.50. The Bertz CT molecular complexity index is 405. The van der Waals surface area contributed by atoms with Gasteiger partial charge in [0.1, 0.15) is 0 Å². The van der Waals surface area contributed by atoms with E-state index >= 15 is 0 Å². The van der Waals surface area contributed by atoms with E-state index in [4.69, 9.17) is 0 Å². The molecule has 1 saturated heterocycles. The standard InChI is InChI=1S/C16H23IN2/c1-12(13-2-4-14(17)5-3-13)18-15-8-10-19(11-9-15)16-6-7-16/h2-5,12,15-16,18H,6-11H2,1H3. The molecule has 2 aliphatic rings. The molecule has 0 bridgehead atoms. The summed E-state index contributed by atoms with van der Waals surface area (Å²) in [7, 11) is 0. The molecule has 1 aromatic carbocycles. The van der Waals surface area contributed by atoms with Gasteiger partial charge in [0.05, 0.1) is 0 Å². The Labute approximate surface area is 130 Å². The van der Waals surface area contributed by atoms with Crippen LogP contribution in [0, 0.1) is 3.57 Å². The lowest BCUT2D eigenvalue weighted by Gasteiger charge is -2.34. The lowest BCUT2D eigenvalue weighted by Crippen LogP contribution is -2.44. The van der Waals surface area contributed by atoms with Crippen molar-refractivity contribution < 1.29 is 0 Å². The van der Waals surface area contributed by atoms with Crippen molar-refractivity contribution in [3.63, 3.8) is 0 Å². The molecule has 0 amide bonds. The van der Waals surface area contributed by atoms with E-state index in [-0.39, 0.29) is 0 Å². The molecule has 0 radical (unpaired) electrons. The largest absolute Gasteiger partial charge is 0.307 e. The highest BCUT2D eigenvalue weighted by Gasteiger charge is 2.31. The number of likely N-dealkylation sites (tertiary alicyclic amines) is 1. The summed E-state index contributed by atoms with van der Waals surface area (Å²) in [6.45, 7) is 4.87. The first-order valence-electron chi connectivity index (χ1n) is 7.48. The van der Waals surface area contributed by atoms with Gasteiger partial charge in [0.2, 0.25) is 0 Å². The van der Waals surface area contributed by atoms with Crippen LogP contribution in [0.4, 0.5) is 0 Å². The van der Waals surface area contributed by atoms with Crippen LogP contribution in [0.5, 0.6) is 0 Å². The molecule has 1 aliphatic carbocycles. The average Bonchev–Trinajstić information content (AvgIpc) is 3.25. The predicted molar refractivity (Wildman–Crippen MR) is 88.3 cm³/mol. The second-order valence-electron chi connectivity index (χ2n) is 5.98. The lowest BCUT2D eigenvalue weighted by molar-refractivity contribution is 0.184. The molecule has 0 spiro atoms. The van der Waals surface area contributed by atoms with Gasteiger partial charge in [0.15, 0.2) is 0 Å². The molecular formula is C16H23IN2. The molecule has 2 nitrogen and oxygen atoms in total. The maximum Gasteiger partial charge on any atom is 0.0294 e. The number of hydrogen-bond donors (Lipinski definition) is 1. The Hall–Kier alpha value is -0.130. The Kier molecular flexibility index (Phi) is 4.44. The first-order chi connectivity index (χ1) is 9.22. The smallest absolute Gasteiger partial charge is 0.0294 e. The van der Waals surface area contributed by atoms with Crippen LogP contribution in [-0.4, -0.2) is 30.1 Å². The quantitative estimate of drug-likeness (QED) is 0.816. The van der Waals surface area contributed by atoms with E-state index in [0.717, 1.165) is 6.04 Å². The molecule has 3 heteroatoms. The number of hydrogen-bond acceptors (Lipinski definition) is 2. The van der Waals surface area contributed by atoms with Gasteiger partial charge in [-0.05, 0) is 86.0 Å². The molecule has 1 aromatic rings. The summed E-state index contributed by atoms with van der Waals surface area (Å²) in [5.41, 5.74) is 1.41. The van der Waals surface area contributed by atoms with Gasteiger partial charge in [0.25, 0.3) is 0 Å². The second kappa shape index (κ2) is 6.10. The van der Waals surface area contributed by atoms with Crippen LogP contribution in [0.3, 0.4) is 0 Å².